The second-order valence-corrected chi connectivity index (χ2v) is 1.84. The van der Waals surface area contributed by atoms with Crippen molar-refractivity contribution in [1.82, 2.24) is 10.1 Å². The smallest absolute Gasteiger partial charge is 0.384 e. The van der Waals surface area contributed by atoms with Gasteiger partial charge in [0.15, 0.2) is 5.10 Å². The maximum Gasteiger partial charge on any atom is 0.574 e. The fourth-order valence-corrected chi connectivity index (χ4v) is 0.581. The summed E-state index contributed by atoms with van der Waals surface area (Å²) < 4.78 is 38.2. The van der Waals surface area contributed by atoms with Crippen molar-refractivity contribution >= 4 is 6.21 Å². The summed E-state index contributed by atoms with van der Waals surface area (Å²) in [6.45, 7) is 0. The van der Waals surface area contributed by atoms with E-state index in [1.165, 1.54) is 13.3 Å². The second-order valence-electron chi connectivity index (χ2n) is 1.84. The number of hydrazone groups is 1. The van der Waals surface area contributed by atoms with E-state index in [1.54, 1.807) is 0 Å². The molecule has 0 fully saturated rings. The molecule has 0 aromatic heterocycles. The van der Waals surface area contributed by atoms with Gasteiger partial charge in [0.25, 0.3) is 12.1 Å². The van der Waals surface area contributed by atoms with Crippen LogP contribution in [0, 0.1) is 0 Å². The summed E-state index contributed by atoms with van der Waals surface area (Å²) in [5, 5.41) is 4.49. The van der Waals surface area contributed by atoms with Crippen LogP contribution in [0.4, 0.5) is 13.2 Å². The van der Waals surface area contributed by atoms with E-state index in [9.17, 15) is 13.2 Å². The lowest BCUT2D eigenvalue weighted by atomic mass is 10.6. The first-order valence-electron chi connectivity index (χ1n) is 2.73. The molecule has 0 amide bonds. The molecular weight excluding hydrogens is 161 g/mol. The predicted octanol–water partition coefficient (Wildman–Crippen LogP) is 0.631. The van der Waals surface area contributed by atoms with E-state index in [4.69, 9.17) is 0 Å². The van der Waals surface area contributed by atoms with Crippen molar-refractivity contribution in [3.63, 3.8) is 0 Å². The summed E-state index contributed by atoms with van der Waals surface area (Å²) in [6, 6.07) is 0. The summed E-state index contributed by atoms with van der Waals surface area (Å²) in [7, 11) is 1.36. The Balaban J connectivity index is 2.53. The average Bonchev–Trinajstić information content (AvgIpc) is 2.12. The van der Waals surface area contributed by atoms with Gasteiger partial charge >= 0.3 is 6.36 Å². The zero-order valence-electron chi connectivity index (χ0n) is 5.59. The molecule has 61 valence electrons. The number of hydrogen-bond acceptors (Lipinski definition) is 3. The number of hydrogen-bond donors (Lipinski definition) is 0. The summed E-state index contributed by atoms with van der Waals surface area (Å²) in [5.74, 6) is -0.322. The Morgan fingerprint density at radius 2 is 2.18 bits per heavy atom. The van der Waals surface area contributed by atoms with Gasteiger partial charge in [-0.2, -0.15) is 0 Å². The van der Waals surface area contributed by atoms with Crippen LogP contribution in [-0.4, -0.2) is 24.6 Å². The zero-order chi connectivity index (χ0) is 8.48. The van der Waals surface area contributed by atoms with Gasteiger partial charge in [-0.15, -0.1) is 13.2 Å². The minimum atomic E-state index is -4.65. The Hall–Kier alpha value is -1.20. The van der Waals surface area contributed by atoms with Crippen molar-refractivity contribution < 1.29 is 17.9 Å². The number of rotatable bonds is 1. The molecule has 1 aliphatic rings. The van der Waals surface area contributed by atoms with E-state index in [1.807, 2.05) is 0 Å². The molecule has 1 heterocycles. The van der Waals surface area contributed by atoms with Crippen molar-refractivity contribution in [1.29, 1.82) is 0 Å². The van der Waals surface area contributed by atoms with E-state index >= 15 is 0 Å². The van der Waals surface area contributed by atoms with Gasteiger partial charge in [-0.25, -0.2) is 0 Å². The molecule has 1 aliphatic heterocycles. The van der Waals surface area contributed by atoms with E-state index < -0.39 is 6.36 Å². The van der Waals surface area contributed by atoms with Crippen LogP contribution in [0.5, 0.6) is 0 Å². The molecule has 0 aliphatic carbocycles. The molecule has 11 heavy (non-hydrogen) atoms. The number of halogens is 3. The number of nitrogens with zero attached hydrogens (tertiary/aromatic N) is 2. The number of ether oxygens (including phenoxy) is 1. The molecule has 3 nitrogen and oxygen atoms in total. The van der Waals surface area contributed by atoms with Crippen molar-refractivity contribution in [3.8, 4) is 0 Å². The lowest BCUT2D eigenvalue weighted by Gasteiger charge is -2.08. The Kier molecular flexibility index (Phi) is 1.76. The summed E-state index contributed by atoms with van der Waals surface area (Å²) in [4.78, 5) is 0. The van der Waals surface area contributed by atoms with Crippen LogP contribution in [0.2, 0.25) is 0 Å². The molecule has 0 aromatic rings. The maximum atomic E-state index is 11.5. The van der Waals surface area contributed by atoms with Crippen LogP contribution in [0.3, 0.4) is 0 Å². The largest absolute Gasteiger partial charge is 0.574 e. The Labute approximate surface area is 60.7 Å². The highest BCUT2D eigenvalue weighted by Gasteiger charge is 2.36. The predicted molar refractivity (Wildman–Crippen MR) is 31.2 cm³/mol. The third kappa shape index (κ3) is 2.14. The van der Waals surface area contributed by atoms with Crippen LogP contribution in [0.1, 0.15) is 0 Å². The first kappa shape index (κ1) is 7.90. The summed E-state index contributed by atoms with van der Waals surface area (Å²) in [5.41, 5.74) is 0. The molecule has 6 heteroatoms. The molecule has 0 aromatic carbocycles. The topological polar surface area (TPSA) is 26.6 Å². The number of allylic oxidation sites excluding steroid dienone is 1. The highest BCUT2D eigenvalue weighted by Crippen LogP contribution is 2.21. The van der Waals surface area contributed by atoms with Gasteiger partial charge in [-0.1, -0.05) is 5.01 Å². The van der Waals surface area contributed by atoms with E-state index in [2.05, 4.69) is 9.84 Å². The van der Waals surface area contributed by atoms with Crippen molar-refractivity contribution in [2.75, 3.05) is 7.05 Å². The van der Waals surface area contributed by atoms with Gasteiger partial charge in [0.05, 0.1) is 13.1 Å². The third-order valence-corrected chi connectivity index (χ3v) is 0.996. The van der Waals surface area contributed by atoms with Gasteiger partial charge in [0.2, 0.25) is 0 Å². The van der Waals surface area contributed by atoms with Gasteiger partial charge in [-0.05, 0) is 0 Å². The maximum absolute atomic E-state index is 11.5. The molecule has 0 unspecified atom stereocenters. The molecule has 1 rings (SSSR count). The van der Waals surface area contributed by atoms with Crippen LogP contribution in [0.15, 0.2) is 12.0 Å². The highest BCUT2D eigenvalue weighted by atomic mass is 19.4. The van der Waals surface area contributed by atoms with Crippen LogP contribution >= 0.6 is 0 Å². The molecule has 0 saturated carbocycles. The molecule has 1 radical (unpaired) electrons. The average molecular weight is 166 g/mol. The van der Waals surface area contributed by atoms with Crippen molar-refractivity contribution in [2.45, 2.75) is 6.36 Å². The summed E-state index contributed by atoms with van der Waals surface area (Å²) in [6.07, 6.45) is -2.29. The molecule has 0 N–H and O–H groups in total. The quantitative estimate of drug-likeness (QED) is 0.571. The van der Waals surface area contributed by atoms with Gasteiger partial charge in [-0.3, -0.25) is 0 Å². The normalized spacial score (nSPS) is 17.1. The standard InChI is InChI=1S/C5H5F3N2O/c1-10-4(2-3-9-10)11-5(6,7)8/h2-3H,1H3/q+1. The lowest BCUT2D eigenvalue weighted by molar-refractivity contribution is -0.313. The van der Waals surface area contributed by atoms with Crippen molar-refractivity contribution in [3.05, 3.63) is 12.0 Å². The van der Waals surface area contributed by atoms with Crippen molar-refractivity contribution in [2.24, 2.45) is 0 Å². The molecule has 0 spiro atoms. The monoisotopic (exact) mass is 166 g/mol. The fraction of sp³-hybridized carbons (Fsp3) is 0.400. The minimum Gasteiger partial charge on any atom is -0.384 e. The minimum absolute atomic E-state index is 0.322. The first-order chi connectivity index (χ1) is 4.99. The Bertz CT molecular complexity index is 208. The fourth-order valence-electron chi connectivity index (χ4n) is 0.581. The van der Waals surface area contributed by atoms with Gasteiger partial charge < -0.3 is 4.74 Å². The lowest BCUT2D eigenvalue weighted by Crippen LogP contribution is -2.23. The first-order valence-corrected chi connectivity index (χ1v) is 2.73. The van der Waals surface area contributed by atoms with Crippen LogP contribution < -0.4 is 5.10 Å². The van der Waals surface area contributed by atoms with Crippen LogP contribution in [-0.2, 0) is 4.74 Å². The van der Waals surface area contributed by atoms with Gasteiger partial charge in [0.1, 0.15) is 0 Å². The Morgan fingerprint density at radius 3 is 2.55 bits per heavy atom. The summed E-state index contributed by atoms with van der Waals surface area (Å²) >= 11 is 0. The third-order valence-electron chi connectivity index (χ3n) is 0.996. The van der Waals surface area contributed by atoms with E-state index in [0.29, 0.717) is 0 Å². The highest BCUT2D eigenvalue weighted by molar-refractivity contribution is 5.72. The van der Waals surface area contributed by atoms with E-state index in [0.717, 1.165) is 11.1 Å². The van der Waals surface area contributed by atoms with Gasteiger partial charge in [0, 0.05) is 0 Å². The molecule has 0 atom stereocenters. The number of alkyl halides is 3. The second kappa shape index (κ2) is 2.44. The molecule has 0 bridgehead atoms. The molecular formula is C5H5F3N2O+. The van der Waals surface area contributed by atoms with Crippen LogP contribution in [0.25, 0.3) is 0 Å². The zero-order valence-corrected chi connectivity index (χ0v) is 5.59. The molecule has 0 saturated heterocycles. The van der Waals surface area contributed by atoms with E-state index in [-0.39, 0.29) is 5.88 Å². The SMILES string of the molecule is CN1[N+]=CC=C1OC(F)(F)F. The Morgan fingerprint density at radius 1 is 1.55 bits per heavy atom.